The number of hydrogen-bond acceptors (Lipinski definition) is 4. The third-order valence-corrected chi connectivity index (χ3v) is 6.17. The highest BCUT2D eigenvalue weighted by atomic mass is 32.1. The van der Waals surface area contributed by atoms with Crippen LogP contribution in [0.4, 0.5) is 5.13 Å². The molecule has 24 heavy (non-hydrogen) atoms. The first-order valence-electron chi connectivity index (χ1n) is 8.71. The number of nitrogens with zero attached hydrogens (tertiary/aromatic N) is 3. The number of carbonyl (C=O) groups excluding carboxylic acids is 1. The largest absolute Gasteiger partial charge is 0.346 e. The van der Waals surface area contributed by atoms with Gasteiger partial charge in [-0.1, -0.05) is 30.3 Å². The topological polar surface area (TPSA) is 36.4 Å². The Labute approximate surface area is 147 Å². The number of amides is 1. The minimum absolute atomic E-state index is 0.242. The molecule has 2 heterocycles. The fourth-order valence-corrected chi connectivity index (χ4v) is 4.47. The molecule has 0 radical (unpaired) electrons. The van der Waals surface area contributed by atoms with E-state index in [9.17, 15) is 4.79 Å². The highest BCUT2D eigenvalue weighted by Gasteiger charge is 2.52. The fourth-order valence-electron chi connectivity index (χ4n) is 3.61. The molecule has 1 aromatic carbocycles. The number of anilines is 1. The standard InChI is InChI=1S/C19H23N3OS/c1-15-14-24-18(20-15)22-11-5-10-21(12-13-22)17(23)19(8-9-19)16-6-3-2-4-7-16/h2-4,6-7,14H,5,8-13H2,1H3. The lowest BCUT2D eigenvalue weighted by Gasteiger charge is -2.26. The summed E-state index contributed by atoms with van der Waals surface area (Å²) in [6, 6.07) is 10.3. The molecule has 0 N–H and O–H groups in total. The molecule has 2 aliphatic rings. The Morgan fingerprint density at radius 2 is 1.92 bits per heavy atom. The van der Waals surface area contributed by atoms with Crippen molar-refractivity contribution in [3.8, 4) is 0 Å². The maximum absolute atomic E-state index is 13.2. The highest BCUT2D eigenvalue weighted by Crippen LogP contribution is 2.49. The molecule has 1 aliphatic heterocycles. The molecule has 2 fully saturated rings. The van der Waals surface area contributed by atoms with Gasteiger partial charge in [-0.15, -0.1) is 11.3 Å². The van der Waals surface area contributed by atoms with Gasteiger partial charge >= 0.3 is 0 Å². The van der Waals surface area contributed by atoms with Crippen molar-refractivity contribution in [2.45, 2.75) is 31.6 Å². The second-order valence-corrected chi connectivity index (χ2v) is 7.69. The first-order chi connectivity index (χ1) is 11.7. The van der Waals surface area contributed by atoms with Gasteiger partial charge in [0.25, 0.3) is 0 Å². The molecule has 1 aromatic heterocycles. The number of benzene rings is 1. The van der Waals surface area contributed by atoms with E-state index in [0.29, 0.717) is 5.91 Å². The van der Waals surface area contributed by atoms with Crippen molar-refractivity contribution in [1.82, 2.24) is 9.88 Å². The van der Waals surface area contributed by atoms with E-state index in [1.807, 2.05) is 25.1 Å². The van der Waals surface area contributed by atoms with Crippen LogP contribution in [-0.4, -0.2) is 42.0 Å². The number of hydrogen-bond donors (Lipinski definition) is 0. The smallest absolute Gasteiger partial charge is 0.233 e. The van der Waals surface area contributed by atoms with E-state index in [-0.39, 0.29) is 5.41 Å². The molecule has 1 saturated carbocycles. The third-order valence-electron chi connectivity index (χ3n) is 5.15. The van der Waals surface area contributed by atoms with Crippen LogP contribution in [0.25, 0.3) is 0 Å². The molecular weight excluding hydrogens is 318 g/mol. The summed E-state index contributed by atoms with van der Waals surface area (Å²) in [5.74, 6) is 0.325. The molecule has 0 spiro atoms. The molecular formula is C19H23N3OS. The number of aryl methyl sites for hydroxylation is 1. The van der Waals surface area contributed by atoms with Crippen LogP contribution < -0.4 is 4.90 Å². The van der Waals surface area contributed by atoms with Crippen molar-refractivity contribution >= 4 is 22.4 Å². The van der Waals surface area contributed by atoms with Gasteiger partial charge in [-0.2, -0.15) is 0 Å². The quantitative estimate of drug-likeness (QED) is 0.860. The van der Waals surface area contributed by atoms with Crippen molar-refractivity contribution in [2.24, 2.45) is 0 Å². The average molecular weight is 341 g/mol. The molecule has 1 saturated heterocycles. The van der Waals surface area contributed by atoms with Crippen LogP contribution in [0.3, 0.4) is 0 Å². The Kier molecular flexibility index (Phi) is 4.04. The zero-order valence-corrected chi connectivity index (χ0v) is 14.9. The fraction of sp³-hybridized carbons (Fsp3) is 0.474. The Balaban J connectivity index is 1.47. The highest BCUT2D eigenvalue weighted by molar-refractivity contribution is 7.13. The Bertz CT molecular complexity index is 723. The third kappa shape index (κ3) is 2.81. The van der Waals surface area contributed by atoms with Gasteiger partial charge in [-0.3, -0.25) is 4.79 Å². The molecule has 0 bridgehead atoms. The summed E-state index contributed by atoms with van der Waals surface area (Å²) in [6.07, 6.45) is 2.98. The van der Waals surface area contributed by atoms with Gasteiger partial charge in [0.2, 0.25) is 5.91 Å². The summed E-state index contributed by atoms with van der Waals surface area (Å²) < 4.78 is 0. The second kappa shape index (κ2) is 6.20. The van der Waals surface area contributed by atoms with Crippen molar-refractivity contribution in [3.05, 3.63) is 47.0 Å². The number of rotatable bonds is 3. The van der Waals surface area contributed by atoms with Gasteiger partial charge in [-0.05, 0) is 31.7 Å². The summed E-state index contributed by atoms with van der Waals surface area (Å²) in [7, 11) is 0. The van der Waals surface area contributed by atoms with Crippen LogP contribution in [0.15, 0.2) is 35.7 Å². The van der Waals surface area contributed by atoms with E-state index in [4.69, 9.17) is 0 Å². The van der Waals surface area contributed by atoms with E-state index in [2.05, 4.69) is 32.3 Å². The molecule has 5 heteroatoms. The molecule has 4 rings (SSSR count). The number of aromatic nitrogens is 1. The molecule has 0 atom stereocenters. The van der Waals surface area contributed by atoms with Crippen LogP contribution in [0, 0.1) is 6.92 Å². The lowest BCUT2D eigenvalue weighted by atomic mass is 9.94. The van der Waals surface area contributed by atoms with E-state index < -0.39 is 0 Å². The van der Waals surface area contributed by atoms with Crippen LogP contribution >= 0.6 is 11.3 Å². The first kappa shape index (κ1) is 15.6. The molecule has 1 aliphatic carbocycles. The van der Waals surface area contributed by atoms with Crippen molar-refractivity contribution < 1.29 is 4.79 Å². The summed E-state index contributed by atoms with van der Waals surface area (Å²) in [5.41, 5.74) is 2.02. The second-order valence-electron chi connectivity index (χ2n) is 6.85. The van der Waals surface area contributed by atoms with Crippen LogP contribution in [0.1, 0.15) is 30.5 Å². The first-order valence-corrected chi connectivity index (χ1v) is 9.59. The average Bonchev–Trinajstić information content (AvgIpc) is 3.36. The Hall–Kier alpha value is -1.88. The van der Waals surface area contributed by atoms with E-state index in [1.54, 1.807) is 11.3 Å². The van der Waals surface area contributed by atoms with Crippen molar-refractivity contribution in [1.29, 1.82) is 0 Å². The lowest BCUT2D eigenvalue weighted by molar-refractivity contribution is -0.133. The molecule has 2 aromatic rings. The summed E-state index contributed by atoms with van der Waals surface area (Å²) in [5, 5.41) is 3.18. The van der Waals surface area contributed by atoms with Gasteiger partial charge < -0.3 is 9.80 Å². The summed E-state index contributed by atoms with van der Waals surface area (Å²) >= 11 is 1.70. The predicted molar refractivity (Wildman–Crippen MR) is 97.6 cm³/mol. The normalized spacial score (nSPS) is 19.9. The SMILES string of the molecule is Cc1csc(N2CCCN(C(=O)C3(c4ccccc4)CC3)CC2)n1. The number of thiazole rings is 1. The molecule has 126 valence electrons. The maximum atomic E-state index is 13.2. The molecule has 0 unspecified atom stereocenters. The van der Waals surface area contributed by atoms with Crippen molar-refractivity contribution in [3.63, 3.8) is 0 Å². The Morgan fingerprint density at radius 3 is 2.58 bits per heavy atom. The zero-order chi connectivity index (χ0) is 16.6. The maximum Gasteiger partial charge on any atom is 0.233 e. The van der Waals surface area contributed by atoms with Gasteiger partial charge in [-0.25, -0.2) is 4.98 Å². The Morgan fingerprint density at radius 1 is 1.12 bits per heavy atom. The van der Waals surface area contributed by atoms with Crippen LogP contribution in [0.2, 0.25) is 0 Å². The van der Waals surface area contributed by atoms with Gasteiger partial charge in [0.15, 0.2) is 5.13 Å². The minimum atomic E-state index is -0.242. The minimum Gasteiger partial charge on any atom is -0.346 e. The van der Waals surface area contributed by atoms with Gasteiger partial charge in [0.05, 0.1) is 11.1 Å². The monoisotopic (exact) mass is 341 g/mol. The van der Waals surface area contributed by atoms with Crippen LogP contribution in [0.5, 0.6) is 0 Å². The number of carbonyl (C=O) groups is 1. The summed E-state index contributed by atoms with van der Waals surface area (Å²) in [6.45, 7) is 5.54. The zero-order valence-electron chi connectivity index (χ0n) is 14.1. The van der Waals surface area contributed by atoms with E-state index >= 15 is 0 Å². The lowest BCUT2D eigenvalue weighted by Crippen LogP contribution is -2.41. The predicted octanol–water partition coefficient (Wildman–Crippen LogP) is 3.22. The van der Waals surface area contributed by atoms with E-state index in [1.165, 1.54) is 5.56 Å². The van der Waals surface area contributed by atoms with E-state index in [0.717, 1.165) is 56.3 Å². The van der Waals surface area contributed by atoms with Crippen molar-refractivity contribution in [2.75, 3.05) is 31.1 Å². The molecule has 4 nitrogen and oxygen atoms in total. The summed E-state index contributed by atoms with van der Waals surface area (Å²) in [4.78, 5) is 22.2. The van der Waals surface area contributed by atoms with Crippen LogP contribution in [-0.2, 0) is 10.2 Å². The van der Waals surface area contributed by atoms with Gasteiger partial charge in [0, 0.05) is 31.6 Å². The molecule has 1 amide bonds. The van der Waals surface area contributed by atoms with Gasteiger partial charge in [0.1, 0.15) is 0 Å².